The molecule has 0 spiro atoms. The van der Waals surface area contributed by atoms with Crippen molar-refractivity contribution in [3.63, 3.8) is 0 Å². The normalized spacial score (nSPS) is 16.1. The second-order valence-corrected chi connectivity index (χ2v) is 22.3. The van der Waals surface area contributed by atoms with Crippen LogP contribution in [0.25, 0.3) is 38.3 Å². The lowest BCUT2D eigenvalue weighted by Crippen LogP contribution is -2.56. The van der Waals surface area contributed by atoms with Gasteiger partial charge in [0.2, 0.25) is 5.65 Å². The van der Waals surface area contributed by atoms with Gasteiger partial charge in [0.15, 0.2) is 5.82 Å². The number of benzene rings is 3. The van der Waals surface area contributed by atoms with Crippen LogP contribution >= 0.6 is 23.4 Å². The first kappa shape index (κ1) is 66.4. The molecule has 476 valence electrons. The number of piperazine rings is 3. The number of H-pyrrole nitrogens is 2. The highest BCUT2D eigenvalue weighted by Gasteiger charge is 2.38. The SMILES string of the molecule is C.C[C@@H]1CN(C(=O)c2ccccc2)CCN1C(=O)C(=O)c1c[nH]c2nc(Cl)ccc12.C[C@@H]1CN(C(=O)c2ccccc2)CCN1C(=O)C(=O)c1cnc2n(O)cccc1-2.[3H]CSC#N.[C-]#[N+]c1ccc2c(C(=O)C(=O)N3CCN(C(=O)c4ccccc4)C[C@H]3C)c[nH]c2n1. The van der Waals surface area contributed by atoms with E-state index in [0.29, 0.717) is 95.3 Å². The molecule has 4 aromatic heterocycles. The number of carbonyl (C=O) groups is 9. The van der Waals surface area contributed by atoms with Gasteiger partial charge in [0.25, 0.3) is 58.6 Å². The summed E-state index contributed by atoms with van der Waals surface area (Å²) in [6.45, 7) is 15.6. The van der Waals surface area contributed by atoms with Crippen molar-refractivity contribution in [2.24, 2.45) is 0 Å². The number of Topliss-reactive ketones (excluding diaryl/α,β-unsaturated/α-hetero) is 3. The summed E-state index contributed by atoms with van der Waals surface area (Å²) >= 11 is 6.81. The number of aromatic nitrogens is 6. The first-order valence-corrected chi connectivity index (χ1v) is 30.2. The topological polar surface area (TPSA) is 297 Å². The number of hydrogen-bond donors (Lipinski definition) is 3. The summed E-state index contributed by atoms with van der Waals surface area (Å²) in [5, 5.41) is 20.5. The number of nitrogens with one attached hydrogen (secondary N) is 2. The lowest BCUT2D eigenvalue weighted by molar-refractivity contribution is -0.130. The zero-order valence-electron chi connectivity index (χ0n) is 51.0. The third-order valence-electron chi connectivity index (χ3n) is 15.7. The van der Waals surface area contributed by atoms with E-state index in [2.05, 4.69) is 29.8 Å². The van der Waals surface area contributed by atoms with Crippen molar-refractivity contribution < 1.29 is 49.7 Å². The molecule has 0 bridgehead atoms. The molecule has 0 aliphatic carbocycles. The first-order valence-electron chi connectivity index (χ1n) is 29.6. The van der Waals surface area contributed by atoms with E-state index in [0.717, 1.165) is 16.5 Å². The third-order valence-corrected chi connectivity index (χ3v) is 16.0. The van der Waals surface area contributed by atoms with Gasteiger partial charge in [0.05, 0.1) is 22.1 Å². The van der Waals surface area contributed by atoms with E-state index in [1.165, 1.54) is 45.6 Å². The van der Waals surface area contributed by atoms with Gasteiger partial charge in [0, 0.05) is 131 Å². The third kappa shape index (κ3) is 15.3. The molecule has 9 heterocycles. The molecule has 3 saturated heterocycles. The lowest BCUT2D eigenvalue weighted by atomic mass is 10.0. The molecule has 3 N–H and O–H groups in total. The van der Waals surface area contributed by atoms with Gasteiger partial charge in [-0.2, -0.15) is 9.99 Å². The van der Waals surface area contributed by atoms with Gasteiger partial charge in [-0.25, -0.2) is 9.97 Å². The molecule has 5 aliphatic rings. The minimum absolute atomic E-state index is 0. The van der Waals surface area contributed by atoms with Crippen molar-refractivity contribution in [1.82, 2.24) is 59.0 Å². The van der Waals surface area contributed by atoms with Crippen LogP contribution in [-0.2, 0) is 14.4 Å². The van der Waals surface area contributed by atoms with Gasteiger partial charge in [-0.15, -0.1) is 4.98 Å². The van der Waals surface area contributed by atoms with E-state index in [1.807, 2.05) is 75.4 Å². The molecular formula is C67H65ClN14O10S. The molecule has 26 heteroatoms. The van der Waals surface area contributed by atoms with Crippen molar-refractivity contribution in [1.29, 1.82) is 5.26 Å². The second-order valence-electron chi connectivity index (χ2n) is 21.5. The summed E-state index contributed by atoms with van der Waals surface area (Å²) in [7, 11) is 0. The number of hydrogen-bond acceptors (Lipinski definition) is 15. The van der Waals surface area contributed by atoms with Gasteiger partial charge in [-0.3, -0.25) is 43.2 Å². The number of carbonyl (C=O) groups excluding carboxylic acids is 9. The minimum Gasteiger partial charge on any atom is -0.427 e. The number of pyridine rings is 3. The van der Waals surface area contributed by atoms with Crippen LogP contribution in [0, 0.1) is 17.2 Å². The molecule has 93 heavy (non-hydrogen) atoms. The number of thioether (sulfide) groups is 1. The average Bonchev–Trinajstić information content (AvgIpc) is 1.57. The van der Waals surface area contributed by atoms with Gasteiger partial charge in [-0.05, 0) is 105 Å². The van der Waals surface area contributed by atoms with Gasteiger partial charge >= 0.3 is 0 Å². The van der Waals surface area contributed by atoms with E-state index < -0.39 is 35.1 Å². The lowest BCUT2D eigenvalue weighted by Gasteiger charge is -2.39. The quantitative estimate of drug-likeness (QED) is 0.0304. The number of halogens is 1. The number of nitrogens with zero attached hydrogens (tertiary/aromatic N) is 12. The smallest absolute Gasteiger partial charge is 0.295 e. The van der Waals surface area contributed by atoms with Crippen LogP contribution in [0.2, 0.25) is 5.15 Å². The van der Waals surface area contributed by atoms with Crippen LogP contribution in [0.4, 0.5) is 5.82 Å². The number of aromatic amines is 2. The Kier molecular flexibility index (Phi) is 21.9. The molecule has 0 saturated carbocycles. The Morgan fingerprint density at radius 2 is 1.00 bits per heavy atom. The fourth-order valence-electron chi connectivity index (χ4n) is 11.0. The highest BCUT2D eigenvalue weighted by molar-refractivity contribution is 8.03. The molecule has 3 aromatic carbocycles. The molecule has 7 aromatic rings. The summed E-state index contributed by atoms with van der Waals surface area (Å²) in [6, 6.07) is 35.7. The predicted octanol–water partition coefficient (Wildman–Crippen LogP) is 8.69. The Hall–Kier alpha value is -11.0. The van der Waals surface area contributed by atoms with Crippen molar-refractivity contribution in [3.8, 4) is 16.8 Å². The van der Waals surface area contributed by atoms with Crippen LogP contribution in [0.1, 0.15) is 91.7 Å². The molecule has 0 unspecified atom stereocenters. The Bertz CT molecular complexity index is 4330. The molecule has 0 radical (unpaired) electrons. The van der Waals surface area contributed by atoms with E-state index >= 15 is 0 Å². The number of nitriles is 1. The number of thiocyanates is 1. The molecule has 5 aliphatic heterocycles. The Morgan fingerprint density at radius 1 is 0.591 bits per heavy atom. The summed E-state index contributed by atoms with van der Waals surface area (Å²) in [5.41, 5.74) is 3.74. The van der Waals surface area contributed by atoms with Crippen molar-refractivity contribution in [2.45, 2.75) is 46.3 Å². The van der Waals surface area contributed by atoms with Gasteiger partial charge in [0.1, 0.15) is 16.2 Å². The van der Waals surface area contributed by atoms with Crippen LogP contribution in [0.3, 0.4) is 0 Å². The Morgan fingerprint density at radius 3 is 1.39 bits per heavy atom. The van der Waals surface area contributed by atoms with Gasteiger partial charge in [-0.1, -0.05) is 86.3 Å². The standard InChI is InChI=1S/C22H19N5O3.C21H19ClN4O3.C21H20N4O4.C2H3NS.CH4/c1-14-13-26(21(29)15-6-4-3-5-7-15)10-11-27(14)22(30)19(28)17-12-24-20-16(17)8-9-18(23-2)25-20;1-13-12-25(20(28)14-5-3-2-4-6-14)9-10-26(13)21(29)18(27)16-11-23-19-15(16)7-8-17(22)24-19;1-14-13-23(20(27)15-6-3-2-4-7-15)10-11-24(14)21(28)18(26)17-12-22-19-16(17)8-5-9-25(19)29;1-4-2-3;/h3-9,12,14H,10-11,13H2,1H3,(H,24,25);2-8,11,13H,9-10,12H2,1H3,(H,23,24);2-9,12,14,29H,10-11,13H2,1H3;1H3;1H4/t14-;13-;14-;;/m111../s1/i;;;1T;. The largest absolute Gasteiger partial charge is 0.427 e. The fourth-order valence-corrected chi connectivity index (χ4v) is 11.1. The maximum atomic E-state index is 12.9. The molecule has 12 rings (SSSR count). The minimum atomic E-state index is -0.673. The fraction of sp³-hybridized carbons (Fsp3) is 0.254. The van der Waals surface area contributed by atoms with Crippen molar-refractivity contribution in [2.75, 3.05) is 65.1 Å². The number of amides is 6. The van der Waals surface area contributed by atoms with Crippen LogP contribution < -0.4 is 0 Å². The van der Waals surface area contributed by atoms with Crippen molar-refractivity contribution >= 4 is 104 Å². The Balaban J connectivity index is 0.000000173. The van der Waals surface area contributed by atoms with E-state index in [4.69, 9.17) is 24.8 Å². The molecule has 24 nitrogen and oxygen atoms in total. The number of rotatable bonds is 9. The summed E-state index contributed by atoms with van der Waals surface area (Å²) in [6.07, 6.45) is 5.78. The Labute approximate surface area is 545 Å². The molecule has 3 atom stereocenters. The zero-order chi connectivity index (χ0) is 66.5. The van der Waals surface area contributed by atoms with E-state index in [1.54, 1.807) is 86.8 Å². The second kappa shape index (κ2) is 30.7. The highest BCUT2D eigenvalue weighted by atomic mass is 35.5. The monoisotopic (exact) mass is 1290 g/mol. The van der Waals surface area contributed by atoms with Crippen molar-refractivity contribution in [3.05, 3.63) is 202 Å². The first-order chi connectivity index (χ1) is 44.8. The van der Waals surface area contributed by atoms with Crippen LogP contribution in [0.15, 0.2) is 152 Å². The van der Waals surface area contributed by atoms with Crippen LogP contribution in [-0.4, -0.2) is 200 Å². The summed E-state index contributed by atoms with van der Waals surface area (Å²) in [5.74, 6) is -3.55. The summed E-state index contributed by atoms with van der Waals surface area (Å²) in [4.78, 5) is 146. The van der Waals surface area contributed by atoms with Gasteiger partial charge < -0.3 is 49.4 Å². The number of fused-ring (bicyclic) bond motifs is 3. The maximum Gasteiger partial charge on any atom is 0.295 e. The molecule has 3 fully saturated rings. The van der Waals surface area contributed by atoms with E-state index in [9.17, 15) is 48.4 Å². The maximum absolute atomic E-state index is 12.9. The summed E-state index contributed by atoms with van der Waals surface area (Å²) < 4.78 is 7.16. The van der Waals surface area contributed by atoms with Crippen LogP contribution in [0.5, 0.6) is 0 Å². The average molecular weight is 1300 g/mol. The zero-order valence-corrected chi connectivity index (χ0v) is 51.6. The molecule has 6 amide bonds. The van der Waals surface area contributed by atoms with E-state index in [-0.39, 0.29) is 90.9 Å². The predicted molar refractivity (Wildman–Crippen MR) is 349 cm³/mol. The molecular weight excluding hydrogens is 1230 g/mol. The highest BCUT2D eigenvalue weighted by Crippen LogP contribution is 2.28. The number of ketones is 3.